The fourth-order valence-corrected chi connectivity index (χ4v) is 2.05. The third-order valence-electron chi connectivity index (χ3n) is 3.07. The lowest BCUT2D eigenvalue weighted by Crippen LogP contribution is -2.54. The van der Waals surface area contributed by atoms with Gasteiger partial charge in [0.25, 0.3) is 5.91 Å². The zero-order chi connectivity index (χ0) is 13.1. The summed E-state index contributed by atoms with van der Waals surface area (Å²) in [6, 6.07) is 8.25. The highest BCUT2D eigenvalue weighted by molar-refractivity contribution is 5.94. The zero-order valence-corrected chi connectivity index (χ0v) is 10.1. The van der Waals surface area contributed by atoms with E-state index < -0.39 is 24.5 Å². The SMILES string of the molecule is C[C@H]1OC(O)C[C@H](NC(=O)c2ccccc2)[C@@H]1O. The summed E-state index contributed by atoms with van der Waals surface area (Å²) in [7, 11) is 0. The van der Waals surface area contributed by atoms with Gasteiger partial charge in [0.15, 0.2) is 6.29 Å². The van der Waals surface area contributed by atoms with E-state index in [9.17, 15) is 15.0 Å². The first-order valence-electron chi connectivity index (χ1n) is 5.95. The Morgan fingerprint density at radius 1 is 1.33 bits per heavy atom. The number of ether oxygens (including phenoxy) is 1. The van der Waals surface area contributed by atoms with Crippen molar-refractivity contribution in [1.82, 2.24) is 5.32 Å². The van der Waals surface area contributed by atoms with Gasteiger partial charge in [-0.3, -0.25) is 4.79 Å². The Morgan fingerprint density at radius 3 is 2.67 bits per heavy atom. The summed E-state index contributed by atoms with van der Waals surface area (Å²) in [5.41, 5.74) is 0.526. The van der Waals surface area contributed by atoms with E-state index in [-0.39, 0.29) is 12.3 Å². The Morgan fingerprint density at radius 2 is 2.00 bits per heavy atom. The molecule has 1 aromatic rings. The molecule has 98 valence electrons. The van der Waals surface area contributed by atoms with E-state index in [2.05, 4.69) is 5.32 Å². The Balaban J connectivity index is 2.02. The average molecular weight is 251 g/mol. The number of hydrogen-bond donors (Lipinski definition) is 3. The van der Waals surface area contributed by atoms with Crippen LogP contribution in [0.2, 0.25) is 0 Å². The topological polar surface area (TPSA) is 78.8 Å². The van der Waals surface area contributed by atoms with Crippen molar-refractivity contribution in [3.8, 4) is 0 Å². The van der Waals surface area contributed by atoms with Gasteiger partial charge in [0.1, 0.15) is 6.10 Å². The average Bonchev–Trinajstić information content (AvgIpc) is 2.36. The number of rotatable bonds is 2. The van der Waals surface area contributed by atoms with Gasteiger partial charge >= 0.3 is 0 Å². The van der Waals surface area contributed by atoms with E-state index in [0.717, 1.165) is 0 Å². The molecular weight excluding hydrogens is 234 g/mol. The van der Waals surface area contributed by atoms with Crippen LogP contribution in [0.1, 0.15) is 23.7 Å². The van der Waals surface area contributed by atoms with Crippen molar-refractivity contribution in [2.24, 2.45) is 0 Å². The summed E-state index contributed by atoms with van der Waals surface area (Å²) in [6.07, 6.45) is -2.09. The van der Waals surface area contributed by atoms with E-state index >= 15 is 0 Å². The van der Waals surface area contributed by atoms with Gasteiger partial charge in [-0.25, -0.2) is 0 Å². The molecule has 3 N–H and O–H groups in total. The second-order valence-electron chi connectivity index (χ2n) is 4.47. The van der Waals surface area contributed by atoms with Crippen LogP contribution in [-0.4, -0.2) is 40.7 Å². The highest BCUT2D eigenvalue weighted by Gasteiger charge is 2.35. The zero-order valence-electron chi connectivity index (χ0n) is 10.1. The molecule has 0 saturated carbocycles. The van der Waals surface area contributed by atoms with Crippen LogP contribution in [0.4, 0.5) is 0 Å². The summed E-state index contributed by atoms with van der Waals surface area (Å²) in [4.78, 5) is 11.9. The number of aliphatic hydroxyl groups is 2. The second-order valence-corrected chi connectivity index (χ2v) is 4.47. The van der Waals surface area contributed by atoms with Crippen molar-refractivity contribution < 1.29 is 19.7 Å². The molecule has 1 unspecified atom stereocenters. The van der Waals surface area contributed by atoms with Gasteiger partial charge in [0.2, 0.25) is 0 Å². The van der Waals surface area contributed by atoms with Crippen molar-refractivity contribution in [3.63, 3.8) is 0 Å². The predicted octanol–water partition coefficient (Wildman–Crippen LogP) is 0.273. The lowest BCUT2D eigenvalue weighted by molar-refractivity contribution is -0.201. The largest absolute Gasteiger partial charge is 0.388 e. The van der Waals surface area contributed by atoms with Crippen molar-refractivity contribution in [3.05, 3.63) is 35.9 Å². The Kier molecular flexibility index (Phi) is 3.96. The highest BCUT2D eigenvalue weighted by atomic mass is 16.6. The number of nitrogens with one attached hydrogen (secondary N) is 1. The van der Waals surface area contributed by atoms with Crippen molar-refractivity contribution in [2.75, 3.05) is 0 Å². The molecule has 2 rings (SSSR count). The van der Waals surface area contributed by atoms with Crippen LogP contribution in [0, 0.1) is 0 Å². The summed E-state index contributed by atoms with van der Waals surface area (Å²) >= 11 is 0. The molecule has 0 aromatic heterocycles. The fraction of sp³-hybridized carbons (Fsp3) is 0.462. The molecule has 1 amide bonds. The van der Waals surface area contributed by atoms with E-state index in [1.165, 1.54) is 0 Å². The molecule has 1 fully saturated rings. The molecule has 18 heavy (non-hydrogen) atoms. The number of carbonyl (C=O) groups excluding carboxylic acids is 1. The molecule has 5 heteroatoms. The lowest BCUT2D eigenvalue weighted by atomic mass is 9.99. The van der Waals surface area contributed by atoms with E-state index in [1.807, 2.05) is 6.07 Å². The fourth-order valence-electron chi connectivity index (χ4n) is 2.05. The predicted molar refractivity (Wildman–Crippen MR) is 64.9 cm³/mol. The maximum Gasteiger partial charge on any atom is 0.251 e. The highest BCUT2D eigenvalue weighted by Crippen LogP contribution is 2.19. The van der Waals surface area contributed by atoms with Gasteiger partial charge in [0.05, 0.1) is 12.1 Å². The molecule has 1 aliphatic rings. The van der Waals surface area contributed by atoms with Crippen LogP contribution in [0.5, 0.6) is 0 Å². The molecular formula is C13H17NO4. The molecule has 1 heterocycles. The summed E-state index contributed by atoms with van der Waals surface area (Å²) < 4.78 is 5.07. The van der Waals surface area contributed by atoms with E-state index in [0.29, 0.717) is 5.56 Å². The Labute approximate surface area is 105 Å². The van der Waals surface area contributed by atoms with Gasteiger partial charge in [0, 0.05) is 12.0 Å². The number of carbonyl (C=O) groups is 1. The molecule has 0 aliphatic carbocycles. The first-order valence-corrected chi connectivity index (χ1v) is 5.95. The van der Waals surface area contributed by atoms with Gasteiger partial charge in [-0.1, -0.05) is 18.2 Å². The molecule has 0 spiro atoms. The third-order valence-corrected chi connectivity index (χ3v) is 3.07. The van der Waals surface area contributed by atoms with Gasteiger partial charge in [-0.2, -0.15) is 0 Å². The maximum atomic E-state index is 11.9. The molecule has 1 aromatic carbocycles. The first kappa shape index (κ1) is 13.0. The molecule has 1 saturated heterocycles. The Bertz CT molecular complexity index is 409. The second kappa shape index (κ2) is 5.48. The van der Waals surface area contributed by atoms with Crippen LogP contribution in [0.3, 0.4) is 0 Å². The number of benzene rings is 1. The van der Waals surface area contributed by atoms with Crippen molar-refractivity contribution in [2.45, 2.75) is 37.9 Å². The number of hydrogen-bond acceptors (Lipinski definition) is 4. The quantitative estimate of drug-likeness (QED) is 0.705. The monoisotopic (exact) mass is 251 g/mol. The molecule has 4 atom stereocenters. The van der Waals surface area contributed by atoms with Gasteiger partial charge in [-0.15, -0.1) is 0 Å². The van der Waals surface area contributed by atoms with Crippen LogP contribution < -0.4 is 5.32 Å². The van der Waals surface area contributed by atoms with Crippen LogP contribution >= 0.6 is 0 Å². The first-order chi connectivity index (χ1) is 8.58. The van der Waals surface area contributed by atoms with E-state index in [1.54, 1.807) is 31.2 Å². The maximum absolute atomic E-state index is 11.9. The standard InChI is InChI=1S/C13H17NO4/c1-8-12(16)10(7-11(15)18-8)14-13(17)9-5-3-2-4-6-9/h2-6,8,10-12,15-16H,7H2,1H3,(H,14,17)/t8-,10+,11?,12-/m1/s1. The van der Waals surface area contributed by atoms with Crippen LogP contribution in [0.25, 0.3) is 0 Å². The summed E-state index contributed by atoms with van der Waals surface area (Å²) in [5, 5.41) is 22.1. The van der Waals surface area contributed by atoms with E-state index in [4.69, 9.17) is 4.74 Å². The summed E-state index contributed by atoms with van der Waals surface area (Å²) in [5.74, 6) is -0.263. The summed E-state index contributed by atoms with van der Waals surface area (Å²) in [6.45, 7) is 1.66. The molecule has 5 nitrogen and oxygen atoms in total. The van der Waals surface area contributed by atoms with Crippen molar-refractivity contribution in [1.29, 1.82) is 0 Å². The van der Waals surface area contributed by atoms with Gasteiger partial charge < -0.3 is 20.3 Å². The van der Waals surface area contributed by atoms with Crippen molar-refractivity contribution >= 4 is 5.91 Å². The smallest absolute Gasteiger partial charge is 0.251 e. The molecule has 1 aliphatic heterocycles. The molecule has 0 radical (unpaired) electrons. The van der Waals surface area contributed by atoms with Crippen LogP contribution in [-0.2, 0) is 4.74 Å². The minimum Gasteiger partial charge on any atom is -0.388 e. The normalized spacial score (nSPS) is 31.9. The van der Waals surface area contributed by atoms with Crippen LogP contribution in [0.15, 0.2) is 30.3 Å². The van der Waals surface area contributed by atoms with Gasteiger partial charge in [-0.05, 0) is 19.1 Å². The Hall–Kier alpha value is -1.43. The number of amides is 1. The minimum absolute atomic E-state index is 0.185. The third kappa shape index (κ3) is 2.87. The lowest BCUT2D eigenvalue weighted by Gasteiger charge is -2.36. The number of aliphatic hydroxyl groups excluding tert-OH is 2. The molecule has 0 bridgehead atoms. The minimum atomic E-state index is -0.954.